The largest absolute Gasteiger partial charge is 0.389 e. The van der Waals surface area contributed by atoms with E-state index in [1.807, 2.05) is 6.07 Å². The van der Waals surface area contributed by atoms with E-state index in [4.69, 9.17) is 0 Å². The van der Waals surface area contributed by atoms with Crippen molar-refractivity contribution in [1.29, 1.82) is 0 Å². The molecule has 1 aromatic heterocycles. The molecule has 2 heterocycles. The van der Waals surface area contributed by atoms with E-state index in [1.165, 1.54) is 9.47 Å². The molecule has 0 radical (unpaired) electrons. The summed E-state index contributed by atoms with van der Waals surface area (Å²) < 4.78 is 37.9. The summed E-state index contributed by atoms with van der Waals surface area (Å²) in [4.78, 5) is 24.9. The second kappa shape index (κ2) is 6.54. The van der Waals surface area contributed by atoms with Crippen LogP contribution in [0.4, 0.5) is 13.2 Å². The fourth-order valence-corrected chi connectivity index (χ4v) is 2.69. The zero-order chi connectivity index (χ0) is 16.3. The molecule has 1 fully saturated rings. The molecule has 4 nitrogen and oxygen atoms in total. The van der Waals surface area contributed by atoms with E-state index >= 15 is 0 Å². The first kappa shape index (κ1) is 16.6. The Bertz CT molecular complexity index is 587. The summed E-state index contributed by atoms with van der Waals surface area (Å²) in [5.41, 5.74) is 0.853. The summed E-state index contributed by atoms with van der Waals surface area (Å²) in [5, 5.41) is 0. The SMILES string of the molecule is Cn1ccc(C2CCN(C(=O)CCC(F)(F)F)CC2)cc1=O. The number of halogens is 3. The van der Waals surface area contributed by atoms with E-state index in [0.717, 1.165) is 5.56 Å². The number of pyridine rings is 1. The number of nitrogens with zero attached hydrogens (tertiary/aromatic N) is 2. The van der Waals surface area contributed by atoms with Crippen molar-refractivity contribution in [3.05, 3.63) is 34.2 Å². The predicted octanol–water partition coefficient (Wildman–Crippen LogP) is 2.43. The maximum absolute atomic E-state index is 12.1. The lowest BCUT2D eigenvalue weighted by Crippen LogP contribution is -2.38. The summed E-state index contributed by atoms with van der Waals surface area (Å²) >= 11 is 0. The number of hydrogen-bond acceptors (Lipinski definition) is 2. The molecule has 0 atom stereocenters. The van der Waals surface area contributed by atoms with Crippen LogP contribution in [0.5, 0.6) is 0 Å². The molecule has 0 saturated carbocycles. The Morgan fingerprint density at radius 3 is 2.50 bits per heavy atom. The number of hydrogen-bond donors (Lipinski definition) is 0. The van der Waals surface area contributed by atoms with Gasteiger partial charge in [-0.15, -0.1) is 0 Å². The molecule has 1 saturated heterocycles. The molecule has 0 spiro atoms. The Kier molecular flexibility index (Phi) is 4.93. The molecule has 0 bridgehead atoms. The average molecular weight is 316 g/mol. The molecule has 0 aliphatic carbocycles. The van der Waals surface area contributed by atoms with Crippen molar-refractivity contribution in [1.82, 2.24) is 9.47 Å². The van der Waals surface area contributed by atoms with Crippen molar-refractivity contribution in [2.45, 2.75) is 37.8 Å². The van der Waals surface area contributed by atoms with Gasteiger partial charge in [0.2, 0.25) is 5.91 Å². The van der Waals surface area contributed by atoms with Gasteiger partial charge in [0.15, 0.2) is 0 Å². The lowest BCUT2D eigenvalue weighted by molar-refractivity contribution is -0.149. The number of carbonyl (C=O) groups is 1. The molecule has 122 valence electrons. The van der Waals surface area contributed by atoms with Crippen LogP contribution in [0.2, 0.25) is 0 Å². The molecule has 22 heavy (non-hydrogen) atoms. The van der Waals surface area contributed by atoms with Crippen LogP contribution in [-0.4, -0.2) is 34.6 Å². The fourth-order valence-electron chi connectivity index (χ4n) is 2.69. The molecule has 7 heteroatoms. The number of piperidine rings is 1. The van der Waals surface area contributed by atoms with E-state index in [1.54, 1.807) is 19.3 Å². The number of aromatic nitrogens is 1. The lowest BCUT2D eigenvalue weighted by atomic mass is 9.90. The third kappa shape index (κ3) is 4.35. The number of likely N-dealkylation sites (tertiary alicyclic amines) is 1. The minimum atomic E-state index is -4.29. The second-order valence-electron chi connectivity index (χ2n) is 5.68. The van der Waals surface area contributed by atoms with Crippen LogP contribution in [0.25, 0.3) is 0 Å². The number of alkyl halides is 3. The summed E-state index contributed by atoms with van der Waals surface area (Å²) in [5.74, 6) is -0.264. The summed E-state index contributed by atoms with van der Waals surface area (Å²) in [6.07, 6.45) is -2.80. The molecule has 2 rings (SSSR count). The van der Waals surface area contributed by atoms with Crippen molar-refractivity contribution >= 4 is 5.91 Å². The number of amides is 1. The standard InChI is InChI=1S/C15H19F3N2O2/c1-19-7-3-12(10-14(19)22)11-4-8-20(9-5-11)13(21)2-6-15(16,17)18/h3,7,10-11H,2,4-6,8-9H2,1H3. The first-order chi connectivity index (χ1) is 10.3. The van der Waals surface area contributed by atoms with Gasteiger partial charge in [-0.3, -0.25) is 9.59 Å². The highest BCUT2D eigenvalue weighted by Gasteiger charge is 2.30. The molecule has 1 amide bonds. The van der Waals surface area contributed by atoms with Crippen LogP contribution >= 0.6 is 0 Å². The average Bonchev–Trinajstić information content (AvgIpc) is 2.47. The van der Waals surface area contributed by atoms with E-state index in [0.29, 0.717) is 25.9 Å². The monoisotopic (exact) mass is 316 g/mol. The summed E-state index contributed by atoms with van der Waals surface area (Å²) in [6.45, 7) is 0.882. The highest BCUT2D eigenvalue weighted by molar-refractivity contribution is 5.76. The Hall–Kier alpha value is -1.79. The zero-order valence-electron chi connectivity index (χ0n) is 12.4. The fraction of sp³-hybridized carbons (Fsp3) is 0.600. The topological polar surface area (TPSA) is 42.3 Å². The van der Waals surface area contributed by atoms with Gasteiger partial charge in [0, 0.05) is 38.8 Å². The van der Waals surface area contributed by atoms with Gasteiger partial charge in [-0.1, -0.05) is 0 Å². The van der Waals surface area contributed by atoms with Gasteiger partial charge in [0.25, 0.3) is 5.56 Å². The Morgan fingerprint density at radius 1 is 1.32 bits per heavy atom. The molecule has 0 unspecified atom stereocenters. The van der Waals surface area contributed by atoms with E-state index in [2.05, 4.69) is 0 Å². The highest BCUT2D eigenvalue weighted by Crippen LogP contribution is 2.28. The highest BCUT2D eigenvalue weighted by atomic mass is 19.4. The van der Waals surface area contributed by atoms with E-state index < -0.39 is 24.9 Å². The summed E-state index contributed by atoms with van der Waals surface area (Å²) in [6, 6.07) is 3.47. The lowest BCUT2D eigenvalue weighted by Gasteiger charge is -2.32. The third-order valence-electron chi connectivity index (χ3n) is 4.07. The number of aryl methyl sites for hydroxylation is 1. The van der Waals surface area contributed by atoms with Crippen molar-refractivity contribution in [2.75, 3.05) is 13.1 Å². The van der Waals surface area contributed by atoms with Crippen molar-refractivity contribution in [2.24, 2.45) is 7.05 Å². The first-order valence-corrected chi connectivity index (χ1v) is 7.27. The van der Waals surface area contributed by atoms with Crippen molar-refractivity contribution in [3.8, 4) is 0 Å². The number of carbonyl (C=O) groups excluding carboxylic acids is 1. The molecule has 1 aliphatic heterocycles. The van der Waals surface area contributed by atoms with Gasteiger partial charge < -0.3 is 9.47 Å². The smallest absolute Gasteiger partial charge is 0.343 e. The summed E-state index contributed by atoms with van der Waals surface area (Å²) in [7, 11) is 1.67. The molecule has 0 aromatic carbocycles. The predicted molar refractivity (Wildman–Crippen MR) is 75.5 cm³/mol. The van der Waals surface area contributed by atoms with Crippen LogP contribution in [0.1, 0.15) is 37.2 Å². The molecular weight excluding hydrogens is 297 g/mol. The molecule has 0 N–H and O–H groups in total. The maximum atomic E-state index is 12.1. The van der Waals surface area contributed by atoms with Crippen LogP contribution in [0, 0.1) is 0 Å². The van der Waals surface area contributed by atoms with Gasteiger partial charge >= 0.3 is 6.18 Å². The minimum absolute atomic E-state index is 0.0822. The Labute approximate surface area is 126 Å². The van der Waals surface area contributed by atoms with Crippen LogP contribution in [0.15, 0.2) is 23.1 Å². The van der Waals surface area contributed by atoms with E-state index in [9.17, 15) is 22.8 Å². The Balaban J connectivity index is 1.88. The molecule has 1 aliphatic rings. The van der Waals surface area contributed by atoms with Gasteiger partial charge in [0.05, 0.1) is 6.42 Å². The van der Waals surface area contributed by atoms with Crippen LogP contribution < -0.4 is 5.56 Å². The van der Waals surface area contributed by atoms with E-state index in [-0.39, 0.29) is 11.5 Å². The second-order valence-corrected chi connectivity index (χ2v) is 5.68. The van der Waals surface area contributed by atoms with Gasteiger partial charge in [-0.05, 0) is 30.4 Å². The van der Waals surface area contributed by atoms with Crippen LogP contribution in [0.3, 0.4) is 0 Å². The van der Waals surface area contributed by atoms with Crippen molar-refractivity contribution < 1.29 is 18.0 Å². The quantitative estimate of drug-likeness (QED) is 0.859. The normalized spacial score (nSPS) is 16.8. The zero-order valence-corrected chi connectivity index (χ0v) is 12.4. The maximum Gasteiger partial charge on any atom is 0.389 e. The van der Waals surface area contributed by atoms with Crippen LogP contribution in [-0.2, 0) is 11.8 Å². The molecular formula is C15H19F3N2O2. The third-order valence-corrected chi connectivity index (χ3v) is 4.07. The van der Waals surface area contributed by atoms with Gasteiger partial charge in [-0.2, -0.15) is 13.2 Å². The minimum Gasteiger partial charge on any atom is -0.343 e. The Morgan fingerprint density at radius 2 is 1.95 bits per heavy atom. The van der Waals surface area contributed by atoms with Gasteiger partial charge in [0.1, 0.15) is 0 Å². The first-order valence-electron chi connectivity index (χ1n) is 7.27. The van der Waals surface area contributed by atoms with Gasteiger partial charge in [-0.25, -0.2) is 0 Å². The molecule has 1 aromatic rings. The van der Waals surface area contributed by atoms with Crippen molar-refractivity contribution in [3.63, 3.8) is 0 Å². The number of rotatable bonds is 3.